The maximum Gasteiger partial charge on any atom is 0.179 e. The molecular formula is C12H15BrN4. The van der Waals surface area contributed by atoms with Crippen molar-refractivity contribution in [2.75, 3.05) is 0 Å². The van der Waals surface area contributed by atoms with Crippen LogP contribution in [0.4, 0.5) is 0 Å². The van der Waals surface area contributed by atoms with Crippen LogP contribution in [0.2, 0.25) is 0 Å². The predicted molar refractivity (Wildman–Crippen MR) is 73.7 cm³/mol. The Balaban J connectivity index is 0.000000437. The van der Waals surface area contributed by atoms with E-state index < -0.39 is 0 Å². The first-order valence-electron chi connectivity index (χ1n) is 5.24. The van der Waals surface area contributed by atoms with E-state index in [1.54, 1.807) is 12.3 Å². The molecule has 5 heteroatoms. The van der Waals surface area contributed by atoms with Crippen LogP contribution < -0.4 is 0 Å². The van der Waals surface area contributed by atoms with E-state index in [9.17, 15) is 0 Å². The maximum absolute atomic E-state index is 4.29. The van der Waals surface area contributed by atoms with Crippen molar-refractivity contribution in [1.82, 2.24) is 19.5 Å². The van der Waals surface area contributed by atoms with Crippen LogP contribution in [0, 0.1) is 0 Å². The lowest BCUT2D eigenvalue weighted by molar-refractivity contribution is 0.707. The van der Waals surface area contributed by atoms with Crippen LogP contribution in [0.25, 0.3) is 11.2 Å². The van der Waals surface area contributed by atoms with Crippen molar-refractivity contribution in [3.63, 3.8) is 0 Å². The monoisotopic (exact) mass is 294 g/mol. The minimum atomic E-state index is 0.787. The summed E-state index contributed by atoms with van der Waals surface area (Å²) in [5.74, 6) is 0. The van der Waals surface area contributed by atoms with E-state index in [1.165, 1.54) is 6.33 Å². The number of imidazole rings is 1. The average molecular weight is 295 g/mol. The van der Waals surface area contributed by atoms with Crippen LogP contribution in [-0.4, -0.2) is 19.5 Å². The summed E-state index contributed by atoms with van der Waals surface area (Å²) in [4.78, 5) is 12.4. The number of hydrogen-bond donors (Lipinski definition) is 0. The normalized spacial score (nSPS) is 9.53. The third-order valence-corrected chi connectivity index (χ3v) is 2.53. The Hall–Kier alpha value is -1.49. The smallest absolute Gasteiger partial charge is 0.179 e. The molecule has 0 radical (unpaired) electrons. The second kappa shape index (κ2) is 6.96. The zero-order valence-corrected chi connectivity index (χ0v) is 11.4. The summed E-state index contributed by atoms with van der Waals surface area (Å²) in [6.07, 6.45) is 7.76. The standard InChI is InChI=1S/C9H9BrN4.C3H6/c1-2-3-4-14-8-7(13-9(14)10)5-11-6-12-8;1-3-2/h2,5-6H,1,3-4H2;3H,1H2,2H3. The predicted octanol–water partition coefficient (Wildman–Crippen LogP) is 3.36. The Morgan fingerprint density at radius 1 is 1.47 bits per heavy atom. The first-order chi connectivity index (χ1) is 8.24. The Morgan fingerprint density at radius 3 is 2.82 bits per heavy atom. The lowest BCUT2D eigenvalue weighted by Crippen LogP contribution is -1.98. The third-order valence-electron chi connectivity index (χ3n) is 1.92. The molecule has 2 rings (SSSR count). The summed E-state index contributed by atoms with van der Waals surface area (Å²) >= 11 is 3.39. The highest BCUT2D eigenvalue weighted by Crippen LogP contribution is 2.17. The molecule has 2 aromatic heterocycles. The van der Waals surface area contributed by atoms with E-state index in [4.69, 9.17) is 0 Å². The van der Waals surface area contributed by atoms with Gasteiger partial charge in [-0.3, -0.25) is 0 Å². The highest BCUT2D eigenvalue weighted by atomic mass is 79.9. The second-order valence-electron chi connectivity index (χ2n) is 3.25. The fourth-order valence-corrected chi connectivity index (χ4v) is 1.80. The molecule has 0 bridgehead atoms. The lowest BCUT2D eigenvalue weighted by Gasteiger charge is -2.01. The zero-order chi connectivity index (χ0) is 12.7. The molecule has 0 aliphatic rings. The minimum Gasteiger partial charge on any atom is -0.303 e. The zero-order valence-electron chi connectivity index (χ0n) is 9.80. The average Bonchev–Trinajstić information content (AvgIpc) is 2.63. The Labute approximate surface area is 109 Å². The molecule has 0 aliphatic carbocycles. The fraction of sp³-hybridized carbons (Fsp3) is 0.250. The van der Waals surface area contributed by atoms with E-state index in [0.717, 1.165) is 28.9 Å². The van der Waals surface area contributed by atoms with Gasteiger partial charge in [-0.05, 0) is 29.3 Å². The summed E-state index contributed by atoms with van der Waals surface area (Å²) in [5, 5.41) is 0. The van der Waals surface area contributed by atoms with Crippen LogP contribution in [-0.2, 0) is 6.54 Å². The van der Waals surface area contributed by atoms with Crippen LogP contribution in [0.15, 0.2) is 42.6 Å². The number of nitrogens with zero attached hydrogens (tertiary/aromatic N) is 4. The van der Waals surface area contributed by atoms with Gasteiger partial charge in [0, 0.05) is 6.54 Å². The molecule has 0 unspecified atom stereocenters. The molecule has 0 spiro atoms. The van der Waals surface area contributed by atoms with Gasteiger partial charge < -0.3 is 4.57 Å². The number of aryl methyl sites for hydroxylation is 1. The van der Waals surface area contributed by atoms with Crippen molar-refractivity contribution in [2.45, 2.75) is 19.9 Å². The molecular weight excluding hydrogens is 280 g/mol. The minimum absolute atomic E-state index is 0.787. The first kappa shape index (κ1) is 13.6. The number of fused-ring (bicyclic) bond motifs is 1. The number of halogens is 1. The highest BCUT2D eigenvalue weighted by molar-refractivity contribution is 9.10. The van der Waals surface area contributed by atoms with Crippen molar-refractivity contribution >= 4 is 27.1 Å². The Bertz CT molecular complexity index is 504. The quantitative estimate of drug-likeness (QED) is 0.644. The highest BCUT2D eigenvalue weighted by Gasteiger charge is 2.07. The Kier molecular flexibility index (Phi) is 5.56. The number of rotatable bonds is 3. The number of hydrogen-bond acceptors (Lipinski definition) is 3. The summed E-state index contributed by atoms with van der Waals surface area (Å²) in [7, 11) is 0. The molecule has 0 N–H and O–H groups in total. The van der Waals surface area contributed by atoms with Crippen molar-refractivity contribution in [1.29, 1.82) is 0 Å². The van der Waals surface area contributed by atoms with Gasteiger partial charge in [0.05, 0.1) is 6.20 Å². The third kappa shape index (κ3) is 3.49. The molecule has 0 aliphatic heterocycles. The molecule has 0 amide bonds. The molecule has 0 saturated carbocycles. The molecule has 4 nitrogen and oxygen atoms in total. The van der Waals surface area contributed by atoms with E-state index in [1.807, 2.05) is 17.6 Å². The fourth-order valence-electron chi connectivity index (χ4n) is 1.27. The maximum atomic E-state index is 4.29. The van der Waals surface area contributed by atoms with Gasteiger partial charge >= 0.3 is 0 Å². The summed E-state index contributed by atoms with van der Waals surface area (Å²) in [6.45, 7) is 9.77. The molecule has 0 fully saturated rings. The van der Waals surface area contributed by atoms with E-state index in [2.05, 4.69) is 44.0 Å². The van der Waals surface area contributed by atoms with Gasteiger partial charge in [0.15, 0.2) is 10.4 Å². The van der Waals surface area contributed by atoms with Gasteiger partial charge in [0.25, 0.3) is 0 Å². The van der Waals surface area contributed by atoms with Gasteiger partial charge in [-0.2, -0.15) is 0 Å². The van der Waals surface area contributed by atoms with Gasteiger partial charge in [0.1, 0.15) is 11.8 Å². The van der Waals surface area contributed by atoms with Crippen molar-refractivity contribution in [3.8, 4) is 0 Å². The number of allylic oxidation sites excluding steroid dienone is 2. The topological polar surface area (TPSA) is 43.6 Å². The van der Waals surface area contributed by atoms with Gasteiger partial charge in [-0.25, -0.2) is 15.0 Å². The molecule has 17 heavy (non-hydrogen) atoms. The largest absolute Gasteiger partial charge is 0.303 e. The van der Waals surface area contributed by atoms with Crippen LogP contribution in [0.5, 0.6) is 0 Å². The van der Waals surface area contributed by atoms with Crippen molar-refractivity contribution in [3.05, 3.63) is 42.6 Å². The van der Waals surface area contributed by atoms with Crippen LogP contribution in [0.1, 0.15) is 13.3 Å². The van der Waals surface area contributed by atoms with Crippen molar-refractivity contribution in [2.24, 2.45) is 0 Å². The molecule has 2 heterocycles. The summed E-state index contributed by atoms with van der Waals surface area (Å²) in [5.41, 5.74) is 1.66. The van der Waals surface area contributed by atoms with Crippen LogP contribution in [0.3, 0.4) is 0 Å². The van der Waals surface area contributed by atoms with Crippen LogP contribution >= 0.6 is 15.9 Å². The summed E-state index contributed by atoms with van der Waals surface area (Å²) < 4.78 is 2.79. The van der Waals surface area contributed by atoms with Gasteiger partial charge in [-0.1, -0.05) is 12.2 Å². The molecule has 0 atom stereocenters. The van der Waals surface area contributed by atoms with E-state index in [0.29, 0.717) is 0 Å². The van der Waals surface area contributed by atoms with Gasteiger partial charge in [0.2, 0.25) is 0 Å². The molecule has 2 aromatic rings. The van der Waals surface area contributed by atoms with E-state index >= 15 is 0 Å². The second-order valence-corrected chi connectivity index (χ2v) is 3.96. The SMILES string of the molecule is C=CC.C=CCCn1c(Br)nc2cncnc21. The van der Waals surface area contributed by atoms with Crippen molar-refractivity contribution < 1.29 is 0 Å². The molecule has 0 saturated heterocycles. The van der Waals surface area contributed by atoms with Gasteiger partial charge in [-0.15, -0.1) is 13.2 Å². The Morgan fingerprint density at radius 2 is 2.18 bits per heavy atom. The molecule has 0 aromatic carbocycles. The first-order valence-corrected chi connectivity index (χ1v) is 6.03. The molecule has 90 valence electrons. The van der Waals surface area contributed by atoms with E-state index in [-0.39, 0.29) is 0 Å². The summed E-state index contributed by atoms with van der Waals surface area (Å²) in [6, 6.07) is 0. The number of aromatic nitrogens is 4. The lowest BCUT2D eigenvalue weighted by atomic mass is 10.4.